The van der Waals surface area contributed by atoms with Crippen molar-refractivity contribution in [2.45, 2.75) is 19.9 Å². The van der Waals surface area contributed by atoms with Crippen molar-refractivity contribution in [3.05, 3.63) is 63.6 Å². The van der Waals surface area contributed by atoms with Crippen LogP contribution in [0.2, 0.25) is 10.0 Å². The monoisotopic (exact) mass is 321 g/mol. The molecule has 0 fully saturated rings. The number of hydrogen-bond donors (Lipinski definition) is 0. The van der Waals surface area contributed by atoms with Gasteiger partial charge in [-0.05, 0) is 49.7 Å². The van der Waals surface area contributed by atoms with Gasteiger partial charge >= 0.3 is 0 Å². The number of nitrogens with zero attached hydrogens (tertiary/aromatic N) is 1. The predicted octanol–water partition coefficient (Wildman–Crippen LogP) is 5.39. The average molecular weight is 322 g/mol. The van der Waals surface area contributed by atoms with Crippen LogP contribution >= 0.6 is 23.2 Å². The van der Waals surface area contributed by atoms with Crippen LogP contribution in [0.4, 0.5) is 5.69 Å². The van der Waals surface area contributed by atoms with Gasteiger partial charge in [0.25, 0.3) is 0 Å². The Balaban J connectivity index is 2.27. The van der Waals surface area contributed by atoms with Crippen LogP contribution < -0.4 is 4.90 Å². The van der Waals surface area contributed by atoms with Gasteiger partial charge in [-0.15, -0.1) is 0 Å². The first-order valence-electron chi connectivity index (χ1n) is 6.69. The molecule has 0 aliphatic rings. The molecule has 0 heterocycles. The Morgan fingerprint density at radius 1 is 1.10 bits per heavy atom. The number of halogens is 2. The lowest BCUT2D eigenvalue weighted by molar-refractivity contribution is 0.101. The highest BCUT2D eigenvalue weighted by atomic mass is 35.5. The van der Waals surface area contributed by atoms with Crippen LogP contribution in [-0.2, 0) is 0 Å². The Labute approximate surface area is 135 Å². The quantitative estimate of drug-likeness (QED) is 0.703. The highest BCUT2D eigenvalue weighted by molar-refractivity contribution is 6.34. The van der Waals surface area contributed by atoms with Crippen molar-refractivity contribution in [3.8, 4) is 0 Å². The minimum absolute atomic E-state index is 0.0278. The first-order valence-corrected chi connectivity index (χ1v) is 7.44. The molecule has 0 saturated carbocycles. The second-order valence-corrected chi connectivity index (χ2v) is 5.90. The molecule has 0 N–H and O–H groups in total. The van der Waals surface area contributed by atoms with E-state index in [4.69, 9.17) is 23.2 Å². The summed E-state index contributed by atoms with van der Waals surface area (Å²) in [7, 11) is 2.00. The van der Waals surface area contributed by atoms with E-state index >= 15 is 0 Å². The molecule has 0 bridgehead atoms. The predicted molar refractivity (Wildman–Crippen MR) is 89.7 cm³/mol. The molecular formula is C17H17Cl2NO. The topological polar surface area (TPSA) is 20.3 Å². The van der Waals surface area contributed by atoms with E-state index < -0.39 is 0 Å². The van der Waals surface area contributed by atoms with Crippen LogP contribution in [0.25, 0.3) is 0 Å². The number of benzene rings is 2. The van der Waals surface area contributed by atoms with E-state index in [9.17, 15) is 4.79 Å². The number of carbonyl (C=O) groups excluding carboxylic acids is 1. The maximum absolute atomic E-state index is 11.4. The van der Waals surface area contributed by atoms with E-state index in [1.165, 1.54) is 6.92 Å². The summed E-state index contributed by atoms with van der Waals surface area (Å²) in [6, 6.07) is 13.5. The van der Waals surface area contributed by atoms with E-state index in [1.807, 2.05) is 43.4 Å². The lowest BCUT2D eigenvalue weighted by atomic mass is 10.1. The fraction of sp³-hybridized carbons (Fsp3) is 0.235. The molecule has 1 unspecified atom stereocenters. The molecule has 0 aliphatic heterocycles. The zero-order chi connectivity index (χ0) is 15.6. The molecule has 4 heteroatoms. The molecule has 2 aromatic carbocycles. The number of ketones is 1. The molecule has 21 heavy (non-hydrogen) atoms. The Hall–Kier alpha value is -1.51. The molecule has 2 nitrogen and oxygen atoms in total. The maximum Gasteiger partial charge on any atom is 0.161 e. The Kier molecular flexibility index (Phi) is 4.92. The summed E-state index contributed by atoms with van der Waals surface area (Å²) in [6.07, 6.45) is 0. The van der Waals surface area contributed by atoms with Crippen molar-refractivity contribution in [2.24, 2.45) is 0 Å². The van der Waals surface area contributed by atoms with E-state index in [0.717, 1.165) is 16.3 Å². The van der Waals surface area contributed by atoms with Crippen molar-refractivity contribution in [3.63, 3.8) is 0 Å². The van der Waals surface area contributed by atoms with Gasteiger partial charge in [0.2, 0.25) is 0 Å². The van der Waals surface area contributed by atoms with Crippen LogP contribution in [0.1, 0.15) is 35.8 Å². The van der Waals surface area contributed by atoms with Gasteiger partial charge in [-0.25, -0.2) is 0 Å². The van der Waals surface area contributed by atoms with Gasteiger partial charge in [0.15, 0.2) is 5.78 Å². The standard InChI is InChI=1S/C17H17Cl2NO/c1-11(13-4-6-14(18)7-5-13)20(3)15-8-9-16(12(2)21)17(19)10-15/h4-11H,1-3H3. The second kappa shape index (κ2) is 6.50. The molecule has 2 aromatic rings. The largest absolute Gasteiger partial charge is 0.368 e. The van der Waals surface area contributed by atoms with Crippen LogP contribution in [0.15, 0.2) is 42.5 Å². The average Bonchev–Trinajstić information content (AvgIpc) is 2.46. The van der Waals surface area contributed by atoms with Gasteiger partial charge in [0, 0.05) is 23.3 Å². The van der Waals surface area contributed by atoms with Gasteiger partial charge < -0.3 is 4.90 Å². The SMILES string of the molecule is CC(=O)c1ccc(N(C)C(C)c2ccc(Cl)cc2)cc1Cl. The highest BCUT2D eigenvalue weighted by Gasteiger charge is 2.14. The van der Waals surface area contributed by atoms with Crippen molar-refractivity contribution < 1.29 is 4.79 Å². The molecule has 0 radical (unpaired) electrons. The summed E-state index contributed by atoms with van der Waals surface area (Å²) in [5.74, 6) is -0.0278. The van der Waals surface area contributed by atoms with Crippen LogP contribution in [0.5, 0.6) is 0 Å². The third-order valence-electron chi connectivity index (χ3n) is 3.67. The number of anilines is 1. The lowest BCUT2D eigenvalue weighted by Gasteiger charge is -2.28. The maximum atomic E-state index is 11.4. The Morgan fingerprint density at radius 2 is 1.71 bits per heavy atom. The molecule has 0 saturated heterocycles. The summed E-state index contributed by atoms with van der Waals surface area (Å²) in [5.41, 5.74) is 2.68. The van der Waals surface area contributed by atoms with Crippen LogP contribution in [-0.4, -0.2) is 12.8 Å². The molecule has 2 rings (SSSR count). The number of Topliss-reactive ketones (excluding diaryl/α,β-unsaturated/α-hetero) is 1. The molecule has 0 aromatic heterocycles. The number of rotatable bonds is 4. The zero-order valence-corrected chi connectivity index (χ0v) is 13.7. The Bertz CT molecular complexity index is 652. The molecular weight excluding hydrogens is 305 g/mol. The second-order valence-electron chi connectivity index (χ2n) is 5.06. The molecule has 0 spiro atoms. The Morgan fingerprint density at radius 3 is 2.24 bits per heavy atom. The molecule has 0 aliphatic carbocycles. The van der Waals surface area contributed by atoms with Gasteiger partial charge in [0.1, 0.15) is 0 Å². The summed E-state index contributed by atoms with van der Waals surface area (Å²) in [4.78, 5) is 13.5. The van der Waals surface area contributed by atoms with Crippen LogP contribution in [0.3, 0.4) is 0 Å². The minimum atomic E-state index is -0.0278. The third-order valence-corrected chi connectivity index (χ3v) is 4.24. The lowest BCUT2D eigenvalue weighted by Crippen LogP contribution is -2.21. The van der Waals surface area contributed by atoms with Crippen molar-refractivity contribution in [1.29, 1.82) is 0 Å². The highest BCUT2D eigenvalue weighted by Crippen LogP contribution is 2.29. The fourth-order valence-electron chi connectivity index (χ4n) is 2.20. The zero-order valence-electron chi connectivity index (χ0n) is 12.2. The normalized spacial score (nSPS) is 12.0. The fourth-order valence-corrected chi connectivity index (χ4v) is 2.63. The van der Waals surface area contributed by atoms with Gasteiger partial charge in [-0.3, -0.25) is 4.79 Å². The number of hydrogen-bond acceptors (Lipinski definition) is 2. The van der Waals surface area contributed by atoms with Crippen molar-refractivity contribution >= 4 is 34.7 Å². The number of carbonyl (C=O) groups is 1. The van der Waals surface area contributed by atoms with Gasteiger partial charge in [-0.2, -0.15) is 0 Å². The summed E-state index contributed by atoms with van der Waals surface area (Å²) in [5, 5.41) is 1.21. The molecule has 0 amide bonds. The van der Waals surface area contributed by atoms with Gasteiger partial charge in [-0.1, -0.05) is 35.3 Å². The minimum Gasteiger partial charge on any atom is -0.368 e. The van der Waals surface area contributed by atoms with E-state index in [0.29, 0.717) is 10.6 Å². The first-order chi connectivity index (χ1) is 9.90. The molecule has 110 valence electrons. The summed E-state index contributed by atoms with van der Waals surface area (Å²) < 4.78 is 0. The smallest absolute Gasteiger partial charge is 0.161 e. The van der Waals surface area contributed by atoms with Crippen molar-refractivity contribution in [1.82, 2.24) is 0 Å². The molecule has 1 atom stereocenters. The van der Waals surface area contributed by atoms with E-state index in [1.54, 1.807) is 6.07 Å². The summed E-state index contributed by atoms with van der Waals surface area (Å²) in [6.45, 7) is 3.62. The summed E-state index contributed by atoms with van der Waals surface area (Å²) >= 11 is 12.1. The van der Waals surface area contributed by atoms with Gasteiger partial charge in [0.05, 0.1) is 11.1 Å². The third kappa shape index (κ3) is 3.58. The van der Waals surface area contributed by atoms with E-state index in [2.05, 4.69) is 11.8 Å². The van der Waals surface area contributed by atoms with Crippen molar-refractivity contribution in [2.75, 3.05) is 11.9 Å². The van der Waals surface area contributed by atoms with Crippen LogP contribution in [0, 0.1) is 0 Å². The first kappa shape index (κ1) is 15.9. The van der Waals surface area contributed by atoms with E-state index in [-0.39, 0.29) is 11.8 Å².